The molecule has 4 nitrogen and oxygen atoms in total. The van der Waals surface area contributed by atoms with Crippen molar-refractivity contribution in [3.63, 3.8) is 0 Å². The molecule has 0 radical (unpaired) electrons. The molecule has 0 saturated carbocycles. The van der Waals surface area contributed by atoms with Gasteiger partial charge in [-0.25, -0.2) is 0 Å². The van der Waals surface area contributed by atoms with Gasteiger partial charge in [-0.3, -0.25) is 4.79 Å². The Morgan fingerprint density at radius 2 is 2.36 bits per heavy atom. The number of aromatic nitrogens is 2. The molecule has 14 heavy (non-hydrogen) atoms. The van der Waals surface area contributed by atoms with Crippen molar-refractivity contribution in [1.29, 1.82) is 0 Å². The lowest BCUT2D eigenvalue weighted by Crippen LogP contribution is -2.26. The Hall–Kier alpha value is -0.620. The first-order chi connectivity index (χ1) is 6.63. The third kappa shape index (κ3) is 3.26. The third-order valence-electron chi connectivity index (χ3n) is 1.66. The van der Waals surface area contributed by atoms with Crippen molar-refractivity contribution in [2.45, 2.75) is 18.2 Å². The van der Waals surface area contributed by atoms with Crippen molar-refractivity contribution in [2.24, 2.45) is 5.92 Å². The molecule has 0 spiro atoms. The van der Waals surface area contributed by atoms with Crippen molar-refractivity contribution >= 4 is 29.0 Å². The van der Waals surface area contributed by atoms with Crippen LogP contribution in [0.3, 0.4) is 0 Å². The molecule has 1 aromatic rings. The van der Waals surface area contributed by atoms with Crippen LogP contribution in [0.25, 0.3) is 0 Å². The van der Waals surface area contributed by atoms with Gasteiger partial charge in [-0.15, -0.1) is 10.2 Å². The number of carbonyl (C=O) groups excluding carboxylic acids is 1. The lowest BCUT2D eigenvalue weighted by atomic mass is 10.2. The van der Waals surface area contributed by atoms with Crippen LogP contribution in [0.5, 0.6) is 0 Å². The quantitative estimate of drug-likeness (QED) is 0.794. The van der Waals surface area contributed by atoms with E-state index in [9.17, 15) is 4.79 Å². The lowest BCUT2D eigenvalue weighted by Gasteiger charge is -2.06. The number of thioether (sulfide) groups is 1. The molecule has 78 valence electrons. The summed E-state index contributed by atoms with van der Waals surface area (Å²) in [6.45, 7) is 3.82. The van der Waals surface area contributed by atoms with E-state index in [1.165, 1.54) is 0 Å². The molecule has 0 aliphatic heterocycles. The van der Waals surface area contributed by atoms with Crippen molar-refractivity contribution in [2.75, 3.05) is 12.8 Å². The Morgan fingerprint density at radius 3 is 2.86 bits per heavy atom. The maximum atomic E-state index is 11.2. The number of carbonyl (C=O) groups is 1. The topological polar surface area (TPSA) is 54.9 Å². The molecule has 1 aromatic heterocycles. The number of aryl methyl sites for hydroxylation is 1. The average Bonchev–Trinajstić information content (AvgIpc) is 2.59. The van der Waals surface area contributed by atoms with Gasteiger partial charge in [0.15, 0.2) is 4.34 Å². The van der Waals surface area contributed by atoms with E-state index in [0.717, 1.165) is 15.1 Å². The van der Waals surface area contributed by atoms with Crippen LogP contribution in [0.15, 0.2) is 4.34 Å². The van der Waals surface area contributed by atoms with Gasteiger partial charge in [0.05, 0.1) is 0 Å². The van der Waals surface area contributed by atoms with Crippen LogP contribution in [0.1, 0.15) is 11.9 Å². The summed E-state index contributed by atoms with van der Waals surface area (Å²) in [5.41, 5.74) is 0. The molecule has 1 unspecified atom stereocenters. The SMILES string of the molecule is CNC(=O)C(C)CSc1nnc(C)s1. The summed E-state index contributed by atoms with van der Waals surface area (Å²) in [5, 5.41) is 11.5. The van der Waals surface area contributed by atoms with E-state index in [1.807, 2.05) is 13.8 Å². The smallest absolute Gasteiger partial charge is 0.223 e. The molecular weight excluding hydrogens is 218 g/mol. The van der Waals surface area contributed by atoms with Gasteiger partial charge in [0.2, 0.25) is 5.91 Å². The molecule has 0 aromatic carbocycles. The van der Waals surface area contributed by atoms with Crippen molar-refractivity contribution in [1.82, 2.24) is 15.5 Å². The molecule has 1 N–H and O–H groups in total. The third-order valence-corrected chi connectivity index (χ3v) is 3.89. The predicted octanol–water partition coefficient (Wildman–Crippen LogP) is 1.32. The second-order valence-corrected chi connectivity index (χ2v) is 5.36. The Morgan fingerprint density at radius 1 is 1.64 bits per heavy atom. The molecule has 6 heteroatoms. The van der Waals surface area contributed by atoms with Crippen molar-refractivity contribution in [3.8, 4) is 0 Å². The lowest BCUT2D eigenvalue weighted by molar-refractivity contribution is -0.123. The fraction of sp³-hybridized carbons (Fsp3) is 0.625. The first-order valence-corrected chi connectivity index (χ1v) is 6.08. The summed E-state index contributed by atoms with van der Waals surface area (Å²) >= 11 is 3.14. The summed E-state index contributed by atoms with van der Waals surface area (Å²) in [6.07, 6.45) is 0. The second kappa shape index (κ2) is 5.31. The van der Waals surface area contributed by atoms with E-state index < -0.39 is 0 Å². The Labute approximate surface area is 91.5 Å². The monoisotopic (exact) mass is 231 g/mol. The second-order valence-electron chi connectivity index (χ2n) is 2.91. The van der Waals surface area contributed by atoms with Gasteiger partial charge >= 0.3 is 0 Å². The highest BCUT2D eigenvalue weighted by Gasteiger charge is 2.12. The number of amides is 1. The zero-order valence-corrected chi connectivity index (χ0v) is 10.0. The fourth-order valence-corrected chi connectivity index (χ4v) is 2.72. The molecule has 0 bridgehead atoms. The molecule has 1 rings (SSSR count). The molecule has 1 amide bonds. The number of hydrogen-bond acceptors (Lipinski definition) is 5. The first kappa shape index (κ1) is 11.5. The van der Waals surface area contributed by atoms with Gasteiger partial charge in [0.1, 0.15) is 5.01 Å². The average molecular weight is 231 g/mol. The number of rotatable bonds is 4. The number of nitrogens with zero attached hydrogens (tertiary/aromatic N) is 2. The predicted molar refractivity (Wildman–Crippen MR) is 58.6 cm³/mol. The van der Waals surface area contributed by atoms with Crippen LogP contribution >= 0.6 is 23.1 Å². The summed E-state index contributed by atoms with van der Waals surface area (Å²) in [5.74, 6) is 0.821. The minimum absolute atomic E-state index is 0.00852. The highest BCUT2D eigenvalue weighted by molar-refractivity contribution is 8.01. The van der Waals surface area contributed by atoms with Crippen LogP contribution in [0, 0.1) is 12.8 Å². The van der Waals surface area contributed by atoms with E-state index in [-0.39, 0.29) is 11.8 Å². The van der Waals surface area contributed by atoms with E-state index in [2.05, 4.69) is 15.5 Å². The molecule has 0 aliphatic rings. The van der Waals surface area contributed by atoms with E-state index in [0.29, 0.717) is 0 Å². The summed E-state index contributed by atoms with van der Waals surface area (Å²) in [6, 6.07) is 0. The van der Waals surface area contributed by atoms with Crippen molar-refractivity contribution < 1.29 is 4.79 Å². The molecule has 1 atom stereocenters. The first-order valence-electron chi connectivity index (χ1n) is 4.28. The maximum Gasteiger partial charge on any atom is 0.223 e. The minimum atomic E-state index is 0.00852. The maximum absolute atomic E-state index is 11.2. The summed E-state index contributed by atoms with van der Waals surface area (Å²) in [4.78, 5) is 11.2. The Balaban J connectivity index is 2.37. The zero-order chi connectivity index (χ0) is 10.6. The minimum Gasteiger partial charge on any atom is -0.359 e. The number of nitrogens with one attached hydrogen (secondary N) is 1. The van der Waals surface area contributed by atoms with E-state index >= 15 is 0 Å². The summed E-state index contributed by atoms with van der Waals surface area (Å²) < 4.78 is 0.929. The van der Waals surface area contributed by atoms with E-state index in [1.54, 1.807) is 30.1 Å². The van der Waals surface area contributed by atoms with Gasteiger partial charge in [-0.05, 0) is 6.92 Å². The molecule has 0 fully saturated rings. The molecule has 1 heterocycles. The number of hydrogen-bond donors (Lipinski definition) is 1. The van der Waals surface area contributed by atoms with Crippen LogP contribution in [-0.2, 0) is 4.79 Å². The van der Waals surface area contributed by atoms with Gasteiger partial charge < -0.3 is 5.32 Å². The van der Waals surface area contributed by atoms with Crippen LogP contribution < -0.4 is 5.32 Å². The van der Waals surface area contributed by atoms with Crippen LogP contribution in [0.2, 0.25) is 0 Å². The highest BCUT2D eigenvalue weighted by Crippen LogP contribution is 2.23. The zero-order valence-electron chi connectivity index (χ0n) is 8.40. The van der Waals surface area contributed by atoms with Crippen molar-refractivity contribution in [3.05, 3.63) is 5.01 Å². The van der Waals surface area contributed by atoms with Gasteiger partial charge in [0, 0.05) is 18.7 Å². The van der Waals surface area contributed by atoms with E-state index in [4.69, 9.17) is 0 Å². The standard InChI is InChI=1S/C8H13N3OS2/c1-5(7(12)9-3)4-13-8-11-10-6(2)14-8/h5H,4H2,1-3H3,(H,9,12). The van der Waals surface area contributed by atoms with Gasteiger partial charge in [-0.2, -0.15) is 0 Å². The fourth-order valence-electron chi connectivity index (χ4n) is 0.855. The molecular formula is C8H13N3OS2. The van der Waals surface area contributed by atoms with Gasteiger partial charge in [0.25, 0.3) is 0 Å². The van der Waals surface area contributed by atoms with Crippen LogP contribution in [-0.4, -0.2) is 28.9 Å². The normalized spacial score (nSPS) is 12.5. The molecule has 0 aliphatic carbocycles. The Kier molecular flexibility index (Phi) is 4.34. The highest BCUT2D eigenvalue weighted by atomic mass is 32.2. The van der Waals surface area contributed by atoms with Crippen LogP contribution in [0.4, 0.5) is 0 Å². The largest absolute Gasteiger partial charge is 0.359 e. The van der Waals surface area contributed by atoms with Gasteiger partial charge in [-0.1, -0.05) is 30.0 Å². The molecule has 0 saturated heterocycles. The Bertz CT molecular complexity index is 313. The summed E-state index contributed by atoms with van der Waals surface area (Å²) in [7, 11) is 1.65.